The molecule has 0 radical (unpaired) electrons. The van der Waals surface area contributed by atoms with Crippen molar-refractivity contribution in [3.63, 3.8) is 0 Å². The number of hydrogen-bond acceptors (Lipinski definition) is 5. The first-order valence-corrected chi connectivity index (χ1v) is 6.65. The van der Waals surface area contributed by atoms with Crippen molar-refractivity contribution in [1.82, 2.24) is 14.6 Å². The molecule has 0 fully saturated rings. The largest absolute Gasteiger partial charge is 0.497 e. The highest BCUT2D eigenvalue weighted by Gasteiger charge is 2.05. The van der Waals surface area contributed by atoms with E-state index in [4.69, 9.17) is 10.5 Å². The van der Waals surface area contributed by atoms with Gasteiger partial charge in [-0.3, -0.25) is 0 Å². The van der Waals surface area contributed by atoms with Gasteiger partial charge >= 0.3 is 0 Å². The van der Waals surface area contributed by atoms with Gasteiger partial charge in [-0.15, -0.1) is 5.10 Å². The van der Waals surface area contributed by atoms with Gasteiger partial charge in [-0.2, -0.15) is 4.98 Å². The summed E-state index contributed by atoms with van der Waals surface area (Å²) in [4.78, 5) is 4.18. The third-order valence-electron chi connectivity index (χ3n) is 3.29. The van der Waals surface area contributed by atoms with Crippen molar-refractivity contribution in [1.29, 1.82) is 0 Å². The molecule has 6 nitrogen and oxygen atoms in total. The standard InChI is InChI=1S/C15H17N5O/c1-10-7-12(9-20-14(10)18-15(16)19-20)17-8-11-3-5-13(21-2)6-4-11/h3-7,9,17H,8H2,1-2H3,(H2,16,19). The van der Waals surface area contributed by atoms with E-state index in [0.717, 1.165) is 29.2 Å². The van der Waals surface area contributed by atoms with Gasteiger partial charge in [0.25, 0.3) is 0 Å². The Morgan fingerprint density at radius 3 is 2.76 bits per heavy atom. The average molecular weight is 283 g/mol. The fourth-order valence-electron chi connectivity index (χ4n) is 2.21. The molecular formula is C15H17N5O. The summed E-state index contributed by atoms with van der Waals surface area (Å²) in [5.41, 5.74) is 9.58. The Morgan fingerprint density at radius 2 is 2.05 bits per heavy atom. The smallest absolute Gasteiger partial charge is 0.240 e. The Morgan fingerprint density at radius 1 is 1.29 bits per heavy atom. The zero-order valence-electron chi connectivity index (χ0n) is 12.0. The van der Waals surface area contributed by atoms with Gasteiger partial charge in [0.1, 0.15) is 5.75 Å². The minimum atomic E-state index is 0.283. The molecule has 108 valence electrons. The number of nitrogens with one attached hydrogen (secondary N) is 1. The van der Waals surface area contributed by atoms with E-state index in [1.165, 1.54) is 5.56 Å². The number of hydrogen-bond donors (Lipinski definition) is 2. The third kappa shape index (κ3) is 2.74. The molecule has 0 saturated carbocycles. The number of benzene rings is 1. The van der Waals surface area contributed by atoms with Crippen molar-refractivity contribution in [2.45, 2.75) is 13.5 Å². The highest BCUT2D eigenvalue weighted by atomic mass is 16.5. The predicted molar refractivity (Wildman–Crippen MR) is 82.5 cm³/mol. The van der Waals surface area contributed by atoms with E-state index in [0.29, 0.717) is 0 Å². The molecular weight excluding hydrogens is 266 g/mol. The summed E-state index contributed by atoms with van der Waals surface area (Å²) in [6, 6.07) is 10.00. The van der Waals surface area contributed by atoms with Crippen LogP contribution in [0.3, 0.4) is 0 Å². The van der Waals surface area contributed by atoms with Crippen LogP contribution in [0.2, 0.25) is 0 Å². The van der Waals surface area contributed by atoms with Crippen molar-refractivity contribution in [3.8, 4) is 5.75 Å². The van der Waals surface area contributed by atoms with Crippen molar-refractivity contribution in [2.24, 2.45) is 0 Å². The Kier molecular flexibility index (Phi) is 3.35. The number of pyridine rings is 1. The summed E-state index contributed by atoms with van der Waals surface area (Å²) in [6.07, 6.45) is 1.88. The molecule has 3 N–H and O–H groups in total. The second-order valence-corrected chi connectivity index (χ2v) is 4.85. The molecule has 0 spiro atoms. The van der Waals surface area contributed by atoms with Crippen LogP contribution in [0.1, 0.15) is 11.1 Å². The number of aryl methyl sites for hydroxylation is 1. The van der Waals surface area contributed by atoms with Crippen LogP contribution >= 0.6 is 0 Å². The van der Waals surface area contributed by atoms with Crippen molar-refractivity contribution < 1.29 is 4.74 Å². The van der Waals surface area contributed by atoms with Gasteiger partial charge in [0.15, 0.2) is 5.65 Å². The van der Waals surface area contributed by atoms with Crippen molar-refractivity contribution in [3.05, 3.63) is 47.7 Å². The lowest BCUT2D eigenvalue weighted by Crippen LogP contribution is -2.02. The molecule has 0 unspecified atom stereocenters. The molecule has 3 rings (SSSR count). The SMILES string of the molecule is COc1ccc(CNc2cc(C)c3nc(N)nn3c2)cc1. The topological polar surface area (TPSA) is 77.5 Å². The Balaban J connectivity index is 1.77. The molecule has 0 atom stereocenters. The van der Waals surface area contributed by atoms with Gasteiger partial charge in [-0.25, -0.2) is 4.52 Å². The summed E-state index contributed by atoms with van der Waals surface area (Å²) in [5, 5.41) is 7.51. The first-order valence-electron chi connectivity index (χ1n) is 6.65. The second-order valence-electron chi connectivity index (χ2n) is 4.85. The van der Waals surface area contributed by atoms with E-state index in [2.05, 4.69) is 15.4 Å². The Hall–Kier alpha value is -2.76. The zero-order valence-corrected chi connectivity index (χ0v) is 12.0. The summed E-state index contributed by atoms with van der Waals surface area (Å²) in [6.45, 7) is 2.71. The number of rotatable bonds is 4. The first-order chi connectivity index (χ1) is 10.2. The van der Waals surface area contributed by atoms with E-state index in [-0.39, 0.29) is 5.95 Å². The molecule has 2 heterocycles. The molecule has 3 aromatic rings. The number of nitrogens with two attached hydrogens (primary N) is 1. The lowest BCUT2D eigenvalue weighted by atomic mass is 10.2. The number of anilines is 2. The molecule has 21 heavy (non-hydrogen) atoms. The van der Waals surface area contributed by atoms with Crippen molar-refractivity contribution >= 4 is 17.3 Å². The Bertz CT molecular complexity index is 764. The van der Waals surface area contributed by atoms with Crippen LogP contribution in [0.15, 0.2) is 36.5 Å². The van der Waals surface area contributed by atoms with Gasteiger partial charge in [-0.1, -0.05) is 12.1 Å². The van der Waals surface area contributed by atoms with Crippen LogP contribution in [0, 0.1) is 6.92 Å². The lowest BCUT2D eigenvalue weighted by Gasteiger charge is -2.08. The Labute approximate surface area is 122 Å². The minimum Gasteiger partial charge on any atom is -0.497 e. The lowest BCUT2D eigenvalue weighted by molar-refractivity contribution is 0.414. The summed E-state index contributed by atoms with van der Waals surface area (Å²) in [5.74, 6) is 1.14. The maximum atomic E-state index is 5.63. The van der Waals surface area contributed by atoms with Crippen LogP contribution in [-0.2, 0) is 6.54 Å². The highest BCUT2D eigenvalue weighted by molar-refractivity contribution is 5.57. The van der Waals surface area contributed by atoms with Crippen LogP contribution in [-0.4, -0.2) is 21.7 Å². The number of ether oxygens (including phenoxy) is 1. The molecule has 1 aromatic carbocycles. The number of methoxy groups -OCH3 is 1. The monoisotopic (exact) mass is 283 g/mol. The highest BCUT2D eigenvalue weighted by Crippen LogP contribution is 2.17. The molecule has 0 aliphatic heterocycles. The average Bonchev–Trinajstić information content (AvgIpc) is 2.87. The van der Waals surface area contributed by atoms with Gasteiger partial charge < -0.3 is 15.8 Å². The number of fused-ring (bicyclic) bond motifs is 1. The van der Waals surface area contributed by atoms with Gasteiger partial charge in [0.2, 0.25) is 5.95 Å². The van der Waals surface area contributed by atoms with Gasteiger partial charge in [0.05, 0.1) is 19.0 Å². The molecule has 0 amide bonds. The molecule has 2 aromatic heterocycles. The quantitative estimate of drug-likeness (QED) is 0.768. The zero-order chi connectivity index (χ0) is 14.8. The van der Waals surface area contributed by atoms with E-state index in [9.17, 15) is 0 Å². The number of nitrogen functional groups attached to an aromatic ring is 1. The maximum Gasteiger partial charge on any atom is 0.240 e. The molecule has 0 aliphatic carbocycles. The van der Waals surface area contributed by atoms with Crippen LogP contribution in [0.4, 0.5) is 11.6 Å². The van der Waals surface area contributed by atoms with E-state index < -0.39 is 0 Å². The van der Waals surface area contributed by atoms with Gasteiger partial charge in [0, 0.05) is 6.54 Å². The van der Waals surface area contributed by atoms with E-state index >= 15 is 0 Å². The molecule has 6 heteroatoms. The molecule has 0 saturated heterocycles. The van der Waals surface area contributed by atoms with E-state index in [1.54, 1.807) is 11.6 Å². The fourth-order valence-corrected chi connectivity index (χ4v) is 2.21. The second kappa shape index (κ2) is 5.32. The normalized spacial score (nSPS) is 10.8. The number of nitrogens with zero attached hydrogens (tertiary/aromatic N) is 3. The minimum absolute atomic E-state index is 0.283. The third-order valence-corrected chi connectivity index (χ3v) is 3.29. The molecule has 0 aliphatic rings. The first kappa shape index (κ1) is 13.2. The fraction of sp³-hybridized carbons (Fsp3) is 0.200. The van der Waals surface area contributed by atoms with Crippen molar-refractivity contribution in [2.75, 3.05) is 18.2 Å². The van der Waals surface area contributed by atoms with Gasteiger partial charge in [-0.05, 0) is 36.2 Å². The summed E-state index contributed by atoms with van der Waals surface area (Å²) >= 11 is 0. The summed E-state index contributed by atoms with van der Waals surface area (Å²) in [7, 11) is 1.66. The number of aromatic nitrogens is 3. The molecule has 0 bridgehead atoms. The van der Waals surface area contributed by atoms with Crippen LogP contribution < -0.4 is 15.8 Å². The van der Waals surface area contributed by atoms with Crippen LogP contribution in [0.25, 0.3) is 5.65 Å². The summed E-state index contributed by atoms with van der Waals surface area (Å²) < 4.78 is 6.84. The predicted octanol–water partition coefficient (Wildman–Crippen LogP) is 2.24. The van der Waals surface area contributed by atoms with Crippen LogP contribution in [0.5, 0.6) is 5.75 Å². The maximum absolute atomic E-state index is 5.63. The van der Waals surface area contributed by atoms with E-state index in [1.807, 2.05) is 43.5 Å².